The van der Waals surface area contributed by atoms with E-state index in [1.54, 1.807) is 7.05 Å². The van der Waals surface area contributed by atoms with Gasteiger partial charge in [-0.05, 0) is 31.4 Å². The molecular formula is C17H22N2O4. The number of likely N-dealkylation sites (tertiary alicyclic amines) is 2. The van der Waals surface area contributed by atoms with Gasteiger partial charge < -0.3 is 9.15 Å². The number of nitrogens with zero attached hydrogens (tertiary/aromatic N) is 2. The zero-order valence-corrected chi connectivity index (χ0v) is 13.4. The average molecular weight is 318 g/mol. The predicted molar refractivity (Wildman–Crippen MR) is 81.3 cm³/mol. The second-order valence-electron chi connectivity index (χ2n) is 6.80. The number of fused-ring (bicyclic) bond motifs is 1. The molecule has 0 spiro atoms. The van der Waals surface area contributed by atoms with Crippen molar-refractivity contribution in [1.29, 1.82) is 0 Å². The smallest absolute Gasteiger partial charge is 0.234 e. The van der Waals surface area contributed by atoms with Crippen LogP contribution in [0.2, 0.25) is 0 Å². The molecule has 3 aliphatic rings. The van der Waals surface area contributed by atoms with Gasteiger partial charge in [-0.25, -0.2) is 0 Å². The molecule has 2 amide bonds. The highest BCUT2D eigenvalue weighted by Crippen LogP contribution is 2.34. The van der Waals surface area contributed by atoms with E-state index in [0.29, 0.717) is 19.6 Å². The number of carbonyl (C=O) groups is 2. The Hall–Kier alpha value is -1.66. The Morgan fingerprint density at radius 3 is 2.52 bits per heavy atom. The third-order valence-electron chi connectivity index (χ3n) is 5.25. The fourth-order valence-corrected chi connectivity index (χ4v) is 3.96. The first kappa shape index (κ1) is 14.9. The van der Waals surface area contributed by atoms with Crippen LogP contribution in [-0.2, 0) is 20.9 Å². The van der Waals surface area contributed by atoms with E-state index in [4.69, 9.17) is 9.15 Å². The SMILES string of the molecule is CN1C(=O)[C@H]2CN(Cc3ccc(C4CCCCO4)o3)C[C@H]2C1=O. The van der Waals surface area contributed by atoms with Crippen molar-refractivity contribution in [2.45, 2.75) is 31.9 Å². The van der Waals surface area contributed by atoms with Gasteiger partial charge in [-0.3, -0.25) is 19.4 Å². The Morgan fingerprint density at radius 2 is 1.87 bits per heavy atom. The van der Waals surface area contributed by atoms with Crippen molar-refractivity contribution < 1.29 is 18.7 Å². The first-order chi connectivity index (χ1) is 11.1. The van der Waals surface area contributed by atoms with E-state index in [2.05, 4.69) is 4.90 Å². The summed E-state index contributed by atoms with van der Waals surface area (Å²) in [5, 5.41) is 0. The van der Waals surface area contributed by atoms with Gasteiger partial charge in [0.05, 0.1) is 18.4 Å². The fourth-order valence-electron chi connectivity index (χ4n) is 3.96. The molecule has 0 N–H and O–H groups in total. The third-order valence-corrected chi connectivity index (χ3v) is 5.25. The van der Waals surface area contributed by atoms with Crippen molar-refractivity contribution in [3.8, 4) is 0 Å². The van der Waals surface area contributed by atoms with E-state index in [0.717, 1.165) is 31.0 Å². The second kappa shape index (κ2) is 5.76. The molecule has 0 saturated carbocycles. The van der Waals surface area contributed by atoms with Crippen LogP contribution < -0.4 is 0 Å². The highest BCUT2D eigenvalue weighted by molar-refractivity contribution is 6.05. The summed E-state index contributed by atoms with van der Waals surface area (Å²) in [4.78, 5) is 27.5. The van der Waals surface area contributed by atoms with Crippen LogP contribution in [-0.4, -0.2) is 48.4 Å². The minimum Gasteiger partial charge on any atom is -0.462 e. The topological polar surface area (TPSA) is 63.0 Å². The molecule has 1 aromatic heterocycles. The van der Waals surface area contributed by atoms with Gasteiger partial charge in [0, 0.05) is 26.7 Å². The second-order valence-corrected chi connectivity index (χ2v) is 6.80. The van der Waals surface area contributed by atoms with E-state index in [1.807, 2.05) is 12.1 Å². The molecule has 3 fully saturated rings. The maximum atomic E-state index is 12.0. The van der Waals surface area contributed by atoms with Gasteiger partial charge in [-0.2, -0.15) is 0 Å². The number of rotatable bonds is 3. The van der Waals surface area contributed by atoms with Crippen molar-refractivity contribution in [1.82, 2.24) is 9.80 Å². The largest absolute Gasteiger partial charge is 0.462 e. The molecular weight excluding hydrogens is 296 g/mol. The summed E-state index contributed by atoms with van der Waals surface area (Å²) >= 11 is 0. The molecule has 6 nitrogen and oxygen atoms in total. The molecule has 0 aliphatic carbocycles. The highest BCUT2D eigenvalue weighted by atomic mass is 16.5. The van der Waals surface area contributed by atoms with Crippen molar-refractivity contribution >= 4 is 11.8 Å². The lowest BCUT2D eigenvalue weighted by Gasteiger charge is -2.20. The van der Waals surface area contributed by atoms with Crippen LogP contribution in [0.5, 0.6) is 0 Å². The van der Waals surface area contributed by atoms with Crippen LogP contribution >= 0.6 is 0 Å². The molecule has 1 aromatic rings. The molecule has 4 rings (SSSR count). The molecule has 124 valence electrons. The average Bonchev–Trinajstić information content (AvgIpc) is 3.25. The molecule has 3 saturated heterocycles. The summed E-state index contributed by atoms with van der Waals surface area (Å²) in [6, 6.07) is 3.98. The van der Waals surface area contributed by atoms with Crippen LogP contribution in [0, 0.1) is 11.8 Å². The summed E-state index contributed by atoms with van der Waals surface area (Å²) in [7, 11) is 1.58. The van der Waals surface area contributed by atoms with Gasteiger partial charge in [0.1, 0.15) is 17.6 Å². The first-order valence-corrected chi connectivity index (χ1v) is 8.37. The van der Waals surface area contributed by atoms with Crippen molar-refractivity contribution in [2.75, 3.05) is 26.7 Å². The summed E-state index contributed by atoms with van der Waals surface area (Å²) in [5.41, 5.74) is 0. The van der Waals surface area contributed by atoms with Crippen LogP contribution in [0.1, 0.15) is 36.9 Å². The van der Waals surface area contributed by atoms with Crippen molar-refractivity contribution in [3.05, 3.63) is 23.7 Å². The maximum Gasteiger partial charge on any atom is 0.234 e. The predicted octanol–water partition coefficient (Wildman–Crippen LogP) is 1.57. The summed E-state index contributed by atoms with van der Waals surface area (Å²) < 4.78 is 11.7. The Morgan fingerprint density at radius 1 is 1.13 bits per heavy atom. The van der Waals surface area contributed by atoms with Crippen molar-refractivity contribution in [2.24, 2.45) is 11.8 Å². The number of imide groups is 1. The van der Waals surface area contributed by atoms with Gasteiger partial charge in [0.15, 0.2) is 0 Å². The van der Waals surface area contributed by atoms with E-state index in [1.165, 1.54) is 11.3 Å². The van der Waals surface area contributed by atoms with Crippen LogP contribution in [0.4, 0.5) is 0 Å². The van der Waals surface area contributed by atoms with Gasteiger partial charge in [-0.1, -0.05) is 0 Å². The Bertz CT molecular complexity index is 596. The minimum atomic E-state index is -0.177. The molecule has 0 aromatic carbocycles. The molecule has 0 bridgehead atoms. The molecule has 3 atom stereocenters. The van der Waals surface area contributed by atoms with Gasteiger partial charge in [0.25, 0.3) is 0 Å². The molecule has 3 aliphatic heterocycles. The van der Waals surface area contributed by atoms with Crippen LogP contribution in [0.3, 0.4) is 0 Å². The first-order valence-electron chi connectivity index (χ1n) is 8.37. The summed E-state index contributed by atoms with van der Waals surface area (Å²) in [6.45, 7) is 2.71. The number of furan rings is 1. The van der Waals surface area contributed by atoms with Gasteiger partial charge in [-0.15, -0.1) is 0 Å². The lowest BCUT2D eigenvalue weighted by Crippen LogP contribution is -2.32. The summed E-state index contributed by atoms with van der Waals surface area (Å²) in [6.07, 6.45) is 3.38. The molecule has 6 heteroatoms. The van der Waals surface area contributed by atoms with Gasteiger partial charge >= 0.3 is 0 Å². The van der Waals surface area contributed by atoms with E-state index >= 15 is 0 Å². The number of carbonyl (C=O) groups excluding carboxylic acids is 2. The number of ether oxygens (including phenoxy) is 1. The molecule has 4 heterocycles. The Kier molecular flexibility index (Phi) is 3.73. The normalized spacial score (nSPS) is 31.9. The van der Waals surface area contributed by atoms with E-state index in [9.17, 15) is 9.59 Å². The number of amides is 2. The Labute approximate surface area is 135 Å². The van der Waals surface area contributed by atoms with E-state index in [-0.39, 0.29) is 29.8 Å². The zero-order chi connectivity index (χ0) is 16.0. The number of hydrogen-bond donors (Lipinski definition) is 0. The lowest BCUT2D eigenvalue weighted by molar-refractivity contribution is -0.139. The lowest BCUT2D eigenvalue weighted by atomic mass is 10.00. The number of hydrogen-bond acceptors (Lipinski definition) is 5. The third kappa shape index (κ3) is 2.60. The minimum absolute atomic E-state index is 0.0433. The van der Waals surface area contributed by atoms with Crippen LogP contribution in [0.25, 0.3) is 0 Å². The Balaban J connectivity index is 1.39. The maximum absolute atomic E-state index is 12.0. The molecule has 0 radical (unpaired) electrons. The molecule has 23 heavy (non-hydrogen) atoms. The fraction of sp³-hybridized carbons (Fsp3) is 0.647. The monoisotopic (exact) mass is 318 g/mol. The summed E-state index contributed by atoms with van der Waals surface area (Å²) in [5.74, 6) is 1.33. The highest BCUT2D eigenvalue weighted by Gasteiger charge is 2.50. The standard InChI is InChI=1S/C17H22N2O4/c1-18-16(20)12-9-19(10-13(12)17(18)21)8-11-5-6-15(23-11)14-4-2-3-7-22-14/h5-6,12-14H,2-4,7-10H2,1H3/t12-,13+,14?. The van der Waals surface area contributed by atoms with E-state index < -0.39 is 0 Å². The van der Waals surface area contributed by atoms with Crippen molar-refractivity contribution in [3.63, 3.8) is 0 Å². The van der Waals surface area contributed by atoms with Gasteiger partial charge in [0.2, 0.25) is 11.8 Å². The molecule has 1 unspecified atom stereocenters. The van der Waals surface area contributed by atoms with Crippen LogP contribution in [0.15, 0.2) is 16.5 Å². The zero-order valence-electron chi connectivity index (χ0n) is 13.4. The quantitative estimate of drug-likeness (QED) is 0.792.